The van der Waals surface area contributed by atoms with E-state index in [1.165, 1.54) is 11.8 Å². The molecule has 2 aromatic carbocycles. The molecule has 0 bridgehead atoms. The molecule has 3 rings (SSSR count). The lowest BCUT2D eigenvalue weighted by molar-refractivity contribution is -0.139. The second-order valence-electron chi connectivity index (χ2n) is 6.77. The maximum absolute atomic E-state index is 12.5. The van der Waals surface area contributed by atoms with E-state index in [1.807, 2.05) is 32.0 Å². The molecule has 3 N–H and O–H groups in total. The van der Waals surface area contributed by atoms with Gasteiger partial charge in [-0.05, 0) is 71.2 Å². The van der Waals surface area contributed by atoms with E-state index in [2.05, 4.69) is 26.6 Å². The SMILES string of the molecule is CCOc1cc(/C=C2\SC(Nc3cc(C)ccc3OC)NC2=O)cc(Br)c1OCC(=O)O. The van der Waals surface area contributed by atoms with E-state index in [0.29, 0.717) is 38.8 Å². The third-order valence-corrected chi connectivity index (χ3v) is 5.96. The standard InChI is InChI=1S/C22H23BrN2O6S/c1-4-30-17-9-13(8-14(23)20(17)31-11-19(26)27)10-18-21(28)25-22(32-18)24-15-7-12(2)5-6-16(15)29-3/h5-10,22,24H,4,11H2,1-3H3,(H,25,28)(H,26,27)/b18-10-. The van der Waals surface area contributed by atoms with E-state index in [0.717, 1.165) is 11.3 Å². The van der Waals surface area contributed by atoms with Gasteiger partial charge in [0.25, 0.3) is 5.91 Å². The summed E-state index contributed by atoms with van der Waals surface area (Å²) in [6, 6.07) is 9.22. The van der Waals surface area contributed by atoms with Crippen molar-refractivity contribution in [1.29, 1.82) is 0 Å². The molecule has 0 aliphatic carbocycles. The first-order valence-electron chi connectivity index (χ1n) is 9.72. The molecule has 0 radical (unpaired) electrons. The molecule has 0 saturated carbocycles. The maximum atomic E-state index is 12.5. The van der Waals surface area contributed by atoms with Crippen molar-refractivity contribution in [3.63, 3.8) is 0 Å². The van der Waals surface area contributed by atoms with Crippen molar-refractivity contribution in [2.45, 2.75) is 19.3 Å². The second kappa shape index (κ2) is 10.6. The molecule has 32 heavy (non-hydrogen) atoms. The summed E-state index contributed by atoms with van der Waals surface area (Å²) in [4.78, 5) is 23.9. The third-order valence-electron chi connectivity index (χ3n) is 4.34. The van der Waals surface area contributed by atoms with Crippen molar-refractivity contribution < 1.29 is 28.9 Å². The summed E-state index contributed by atoms with van der Waals surface area (Å²) in [6.07, 6.45) is 1.74. The number of aryl methyl sites for hydroxylation is 1. The van der Waals surface area contributed by atoms with Gasteiger partial charge >= 0.3 is 5.97 Å². The molecule has 0 spiro atoms. The van der Waals surface area contributed by atoms with Crippen LogP contribution in [0, 0.1) is 6.92 Å². The number of amides is 1. The highest BCUT2D eigenvalue weighted by Gasteiger charge is 2.28. The van der Waals surface area contributed by atoms with E-state index in [4.69, 9.17) is 19.3 Å². The first kappa shape index (κ1) is 23.8. The number of nitrogens with one attached hydrogen (secondary N) is 2. The van der Waals surface area contributed by atoms with Crippen LogP contribution in [0.3, 0.4) is 0 Å². The molecular formula is C22H23BrN2O6S. The number of halogens is 1. The minimum Gasteiger partial charge on any atom is -0.495 e. The Labute approximate surface area is 198 Å². The number of hydrogen-bond acceptors (Lipinski definition) is 7. The Hall–Kier alpha value is -2.85. The Morgan fingerprint density at radius 2 is 2.06 bits per heavy atom. The van der Waals surface area contributed by atoms with Gasteiger partial charge in [0.15, 0.2) is 23.6 Å². The molecule has 170 valence electrons. The number of thioether (sulfide) groups is 1. The highest BCUT2D eigenvalue weighted by molar-refractivity contribution is 9.10. The number of carboxylic acid groups (broad SMARTS) is 1. The van der Waals surface area contributed by atoms with Crippen LogP contribution in [0.25, 0.3) is 6.08 Å². The van der Waals surface area contributed by atoms with Crippen LogP contribution in [-0.4, -0.2) is 42.8 Å². The summed E-state index contributed by atoms with van der Waals surface area (Å²) in [7, 11) is 1.60. The monoisotopic (exact) mass is 522 g/mol. The summed E-state index contributed by atoms with van der Waals surface area (Å²) < 4.78 is 16.9. The molecule has 1 fully saturated rings. The molecule has 1 unspecified atom stereocenters. The number of carbonyl (C=O) groups is 2. The van der Waals surface area contributed by atoms with E-state index >= 15 is 0 Å². The molecular weight excluding hydrogens is 500 g/mol. The van der Waals surface area contributed by atoms with Gasteiger partial charge in [-0.15, -0.1) is 0 Å². The largest absolute Gasteiger partial charge is 0.495 e. The van der Waals surface area contributed by atoms with Gasteiger partial charge in [0.05, 0.1) is 28.8 Å². The Bertz CT molecular complexity index is 1060. The average molecular weight is 523 g/mol. The molecule has 1 aliphatic rings. The first-order chi connectivity index (χ1) is 15.3. The van der Waals surface area contributed by atoms with Crippen LogP contribution in [0.1, 0.15) is 18.1 Å². The van der Waals surface area contributed by atoms with Crippen LogP contribution in [0.2, 0.25) is 0 Å². The zero-order valence-corrected chi connectivity index (χ0v) is 20.1. The molecule has 1 saturated heterocycles. The zero-order chi connectivity index (χ0) is 23.3. The van der Waals surface area contributed by atoms with Crippen LogP contribution < -0.4 is 24.8 Å². The topological polar surface area (TPSA) is 106 Å². The molecule has 1 aliphatic heterocycles. The highest BCUT2D eigenvalue weighted by atomic mass is 79.9. The van der Waals surface area contributed by atoms with Crippen molar-refractivity contribution in [3.05, 3.63) is 50.8 Å². The van der Waals surface area contributed by atoms with E-state index in [9.17, 15) is 9.59 Å². The zero-order valence-electron chi connectivity index (χ0n) is 17.7. The van der Waals surface area contributed by atoms with Crippen molar-refractivity contribution in [1.82, 2.24) is 5.32 Å². The summed E-state index contributed by atoms with van der Waals surface area (Å²) in [6.45, 7) is 3.67. The van der Waals surface area contributed by atoms with Crippen LogP contribution in [0.5, 0.6) is 17.2 Å². The van der Waals surface area contributed by atoms with E-state index in [1.54, 1.807) is 25.3 Å². The maximum Gasteiger partial charge on any atom is 0.341 e. The number of methoxy groups -OCH3 is 1. The van der Waals surface area contributed by atoms with E-state index < -0.39 is 12.6 Å². The summed E-state index contributed by atoms with van der Waals surface area (Å²) in [5.74, 6) is 0.0708. The quantitative estimate of drug-likeness (QED) is 0.420. The molecule has 1 atom stereocenters. The van der Waals surface area contributed by atoms with Gasteiger partial charge in [0.2, 0.25) is 0 Å². The molecule has 0 aromatic heterocycles. The van der Waals surface area contributed by atoms with Crippen molar-refractivity contribution in [2.75, 3.05) is 25.6 Å². The minimum absolute atomic E-state index is 0.209. The van der Waals surface area contributed by atoms with Gasteiger partial charge in [-0.25, -0.2) is 4.79 Å². The van der Waals surface area contributed by atoms with Gasteiger partial charge in [-0.3, -0.25) is 4.79 Å². The smallest absolute Gasteiger partial charge is 0.341 e. The van der Waals surface area contributed by atoms with Gasteiger partial charge in [0.1, 0.15) is 5.75 Å². The predicted molar refractivity (Wildman–Crippen MR) is 127 cm³/mol. The Morgan fingerprint density at radius 3 is 2.75 bits per heavy atom. The number of anilines is 1. The molecule has 8 nitrogen and oxygen atoms in total. The van der Waals surface area contributed by atoms with Gasteiger partial charge < -0.3 is 30.0 Å². The van der Waals surface area contributed by atoms with E-state index in [-0.39, 0.29) is 11.4 Å². The number of rotatable bonds is 9. The Balaban J connectivity index is 1.81. The van der Waals surface area contributed by atoms with Crippen LogP contribution in [0.4, 0.5) is 5.69 Å². The summed E-state index contributed by atoms with van der Waals surface area (Å²) in [5, 5.41) is 15.1. The minimum atomic E-state index is -1.09. The number of carbonyl (C=O) groups excluding carboxylic acids is 1. The van der Waals surface area contributed by atoms with Gasteiger partial charge in [-0.2, -0.15) is 0 Å². The fraction of sp³-hybridized carbons (Fsp3) is 0.273. The fourth-order valence-electron chi connectivity index (χ4n) is 3.00. The van der Waals surface area contributed by atoms with Gasteiger partial charge in [-0.1, -0.05) is 17.8 Å². The van der Waals surface area contributed by atoms with Crippen molar-refractivity contribution in [3.8, 4) is 17.2 Å². The summed E-state index contributed by atoms with van der Waals surface area (Å²) in [5.41, 5.74) is 2.19. The van der Waals surface area contributed by atoms with Crippen LogP contribution in [-0.2, 0) is 9.59 Å². The molecule has 2 aromatic rings. The van der Waals surface area contributed by atoms with Crippen LogP contribution in [0.15, 0.2) is 39.7 Å². The third kappa shape index (κ3) is 5.89. The Morgan fingerprint density at radius 1 is 1.28 bits per heavy atom. The number of ether oxygens (including phenoxy) is 3. The van der Waals surface area contributed by atoms with Crippen LogP contribution >= 0.6 is 27.7 Å². The van der Waals surface area contributed by atoms with Gasteiger partial charge in [0, 0.05) is 0 Å². The Kier molecular flexibility index (Phi) is 7.92. The number of benzene rings is 2. The lowest BCUT2D eigenvalue weighted by Gasteiger charge is -2.16. The number of carboxylic acids is 1. The lowest BCUT2D eigenvalue weighted by atomic mass is 10.2. The molecule has 10 heteroatoms. The number of aliphatic carboxylic acids is 1. The second-order valence-corrected chi connectivity index (χ2v) is 8.77. The summed E-state index contributed by atoms with van der Waals surface area (Å²) >= 11 is 4.75. The van der Waals surface area contributed by atoms with Crippen molar-refractivity contribution in [2.24, 2.45) is 0 Å². The average Bonchev–Trinajstić information content (AvgIpc) is 3.06. The van der Waals surface area contributed by atoms with Crippen molar-refractivity contribution >= 4 is 51.3 Å². The predicted octanol–water partition coefficient (Wildman–Crippen LogP) is 4.23. The normalized spacial score (nSPS) is 16.6. The highest BCUT2D eigenvalue weighted by Crippen LogP contribution is 2.39. The fourth-order valence-corrected chi connectivity index (χ4v) is 4.55. The lowest BCUT2D eigenvalue weighted by Crippen LogP contribution is -2.31. The molecule has 1 heterocycles. The molecule has 1 amide bonds. The first-order valence-corrected chi connectivity index (χ1v) is 11.4. The number of hydrogen-bond donors (Lipinski definition) is 3.